The second kappa shape index (κ2) is 11.1. The van der Waals surface area contributed by atoms with Crippen LogP contribution in [0.5, 0.6) is 5.88 Å². The molecule has 0 fully saturated rings. The summed E-state index contributed by atoms with van der Waals surface area (Å²) >= 11 is 0. The molecule has 4 atom stereocenters. The average Bonchev–Trinajstić information content (AvgIpc) is 2.84. The molecule has 0 radical (unpaired) electrons. The summed E-state index contributed by atoms with van der Waals surface area (Å²) in [5, 5.41) is 19.2. The maximum Gasteiger partial charge on any atom is 0.259 e. The number of carbonyl (C=O) groups excluding carboxylic acids is 2. The predicted molar refractivity (Wildman–Crippen MR) is 127 cm³/mol. The van der Waals surface area contributed by atoms with Crippen molar-refractivity contribution in [2.45, 2.75) is 39.0 Å². The van der Waals surface area contributed by atoms with Crippen LogP contribution in [-0.2, 0) is 0 Å². The van der Waals surface area contributed by atoms with Crippen LogP contribution in [-0.4, -0.2) is 81.8 Å². The number of nitrogens with zero attached hydrogens (tertiary/aromatic N) is 3. The zero-order valence-electron chi connectivity index (χ0n) is 19.9. The summed E-state index contributed by atoms with van der Waals surface area (Å²) in [6.45, 7) is 5.70. The van der Waals surface area contributed by atoms with Crippen molar-refractivity contribution < 1.29 is 24.5 Å². The number of hydrogen-bond donors (Lipinski definition) is 2. The zero-order valence-corrected chi connectivity index (χ0v) is 19.9. The molecule has 1 aromatic carbocycles. The van der Waals surface area contributed by atoms with Gasteiger partial charge in [0.15, 0.2) is 0 Å². The lowest BCUT2D eigenvalue weighted by Gasteiger charge is -2.37. The summed E-state index contributed by atoms with van der Waals surface area (Å²) in [6, 6.07) is 10.2. The molecule has 2 N–H and O–H groups in total. The molecule has 3 rings (SSSR count). The molecular weight excluding hydrogens is 434 g/mol. The number of aromatic nitrogens is 1. The number of aliphatic hydroxyl groups excluding tert-OH is 2. The van der Waals surface area contributed by atoms with Gasteiger partial charge in [-0.15, -0.1) is 0 Å². The molecule has 2 heterocycles. The van der Waals surface area contributed by atoms with Crippen molar-refractivity contribution in [3.8, 4) is 17.7 Å². The molecule has 1 aliphatic heterocycles. The van der Waals surface area contributed by atoms with Gasteiger partial charge < -0.3 is 24.7 Å². The number of hydrogen-bond acceptors (Lipinski definition) is 6. The molecule has 8 heteroatoms. The molecule has 1 aromatic heterocycles. The van der Waals surface area contributed by atoms with Crippen LogP contribution in [0.25, 0.3) is 0 Å². The number of benzene rings is 1. The minimum Gasteiger partial charge on any atom is -0.472 e. The molecule has 2 amide bonds. The number of rotatable bonds is 5. The Morgan fingerprint density at radius 3 is 2.68 bits per heavy atom. The van der Waals surface area contributed by atoms with Crippen LogP contribution in [0.3, 0.4) is 0 Å². The van der Waals surface area contributed by atoms with E-state index in [9.17, 15) is 19.8 Å². The average molecular weight is 466 g/mol. The van der Waals surface area contributed by atoms with Crippen molar-refractivity contribution in [3.63, 3.8) is 0 Å². The van der Waals surface area contributed by atoms with Crippen molar-refractivity contribution in [3.05, 3.63) is 59.3 Å². The van der Waals surface area contributed by atoms with Gasteiger partial charge in [0.05, 0.1) is 19.2 Å². The van der Waals surface area contributed by atoms with E-state index in [2.05, 4.69) is 16.8 Å². The second-order valence-corrected chi connectivity index (χ2v) is 8.70. The Labute approximate surface area is 200 Å². The molecule has 0 saturated heterocycles. The Morgan fingerprint density at radius 1 is 1.32 bits per heavy atom. The molecular formula is C26H31N3O5. The third kappa shape index (κ3) is 5.93. The quantitative estimate of drug-likeness (QED) is 0.653. The number of fused-ring (bicyclic) bond motifs is 1. The van der Waals surface area contributed by atoms with Crippen LogP contribution in [0.1, 0.15) is 47.1 Å². The van der Waals surface area contributed by atoms with E-state index in [0.717, 1.165) is 0 Å². The third-order valence-corrected chi connectivity index (χ3v) is 5.77. The Balaban J connectivity index is 1.95. The normalized spacial score (nSPS) is 19.5. The van der Waals surface area contributed by atoms with E-state index in [4.69, 9.17) is 4.74 Å². The first-order valence-electron chi connectivity index (χ1n) is 11.3. The van der Waals surface area contributed by atoms with Crippen LogP contribution in [0, 0.1) is 17.8 Å². The number of aliphatic hydroxyl groups is 2. The van der Waals surface area contributed by atoms with Gasteiger partial charge >= 0.3 is 0 Å². The largest absolute Gasteiger partial charge is 0.472 e. The predicted octanol–water partition coefficient (Wildman–Crippen LogP) is 1.81. The van der Waals surface area contributed by atoms with E-state index >= 15 is 0 Å². The van der Waals surface area contributed by atoms with E-state index < -0.39 is 18.2 Å². The van der Waals surface area contributed by atoms with Gasteiger partial charge in [-0.1, -0.05) is 37.0 Å². The first kappa shape index (κ1) is 25.2. The van der Waals surface area contributed by atoms with Crippen LogP contribution in [0.15, 0.2) is 42.6 Å². The highest BCUT2D eigenvalue weighted by Crippen LogP contribution is 2.27. The summed E-state index contributed by atoms with van der Waals surface area (Å²) < 4.78 is 6.21. The third-order valence-electron chi connectivity index (χ3n) is 5.77. The van der Waals surface area contributed by atoms with Gasteiger partial charge in [0.25, 0.3) is 11.8 Å². The summed E-state index contributed by atoms with van der Waals surface area (Å²) in [7, 11) is 1.71. The van der Waals surface area contributed by atoms with Gasteiger partial charge in [-0.05, 0) is 32.0 Å². The molecule has 180 valence electrons. The van der Waals surface area contributed by atoms with Gasteiger partial charge in [0.2, 0.25) is 5.88 Å². The SMILES string of the molecule is C[C@H](O)C#Cc1cnc2c(c1)C(=O)N([C@@H](C)CO)C[C@H](C)[C@H](CN(C)C(=O)c1ccccc1)O2. The lowest BCUT2D eigenvalue weighted by atomic mass is 9.99. The first-order chi connectivity index (χ1) is 16.2. The highest BCUT2D eigenvalue weighted by molar-refractivity contribution is 5.97. The van der Waals surface area contributed by atoms with Gasteiger partial charge in [0, 0.05) is 36.8 Å². The fraction of sp³-hybridized carbons (Fsp3) is 0.423. The minimum atomic E-state index is -0.817. The summed E-state index contributed by atoms with van der Waals surface area (Å²) in [6.07, 6.45) is 0.228. The molecule has 1 aliphatic rings. The number of likely N-dealkylation sites (N-methyl/N-ethyl adjacent to an activating group) is 1. The maximum atomic E-state index is 13.4. The van der Waals surface area contributed by atoms with Gasteiger partial charge in [0.1, 0.15) is 17.8 Å². The van der Waals surface area contributed by atoms with Crippen molar-refractivity contribution in [2.24, 2.45) is 5.92 Å². The molecule has 0 aliphatic carbocycles. The van der Waals surface area contributed by atoms with Crippen molar-refractivity contribution >= 4 is 11.8 Å². The summed E-state index contributed by atoms with van der Waals surface area (Å²) in [5.41, 5.74) is 1.27. The molecule has 8 nitrogen and oxygen atoms in total. The molecule has 0 unspecified atom stereocenters. The van der Waals surface area contributed by atoms with Crippen molar-refractivity contribution in [1.29, 1.82) is 0 Å². The van der Waals surface area contributed by atoms with Crippen LogP contribution in [0.2, 0.25) is 0 Å². The lowest BCUT2D eigenvalue weighted by Crippen LogP contribution is -2.50. The van der Waals surface area contributed by atoms with Crippen LogP contribution >= 0.6 is 0 Å². The Morgan fingerprint density at radius 2 is 2.03 bits per heavy atom. The fourth-order valence-electron chi connectivity index (χ4n) is 3.73. The monoisotopic (exact) mass is 465 g/mol. The highest BCUT2D eigenvalue weighted by atomic mass is 16.5. The molecule has 0 spiro atoms. The summed E-state index contributed by atoms with van der Waals surface area (Å²) in [5.74, 6) is 5.00. The van der Waals surface area contributed by atoms with Gasteiger partial charge in [-0.2, -0.15) is 0 Å². The first-order valence-corrected chi connectivity index (χ1v) is 11.3. The van der Waals surface area contributed by atoms with Gasteiger partial charge in [-0.3, -0.25) is 9.59 Å². The van der Waals surface area contributed by atoms with Crippen molar-refractivity contribution in [1.82, 2.24) is 14.8 Å². The number of pyridine rings is 1. The smallest absolute Gasteiger partial charge is 0.259 e. The van der Waals surface area contributed by atoms with E-state index in [1.54, 1.807) is 48.9 Å². The number of carbonyl (C=O) groups is 2. The number of amides is 2. The summed E-state index contributed by atoms with van der Waals surface area (Å²) in [4.78, 5) is 33.8. The standard InChI is InChI=1S/C26H31N3O5/c1-17-14-29(18(2)16-30)26(33)22-12-20(11-10-19(3)31)13-27-24(22)34-23(17)15-28(4)25(32)21-8-6-5-7-9-21/h5-9,12-13,17-19,23,30-31H,14-16H2,1-4H3/t17-,18-,19-,23-/m0/s1. The topological polar surface area (TPSA) is 103 Å². The Bertz CT molecular complexity index is 1080. The zero-order chi connectivity index (χ0) is 24.8. The minimum absolute atomic E-state index is 0.132. The van der Waals surface area contributed by atoms with Gasteiger partial charge in [-0.25, -0.2) is 4.98 Å². The molecule has 0 bridgehead atoms. The maximum absolute atomic E-state index is 13.4. The molecule has 0 saturated carbocycles. The molecule has 34 heavy (non-hydrogen) atoms. The Hall–Kier alpha value is -3.41. The number of ether oxygens (including phenoxy) is 1. The van der Waals surface area contributed by atoms with Crippen molar-refractivity contribution in [2.75, 3.05) is 26.7 Å². The molecule has 2 aromatic rings. The van der Waals surface area contributed by atoms with E-state index in [-0.39, 0.29) is 42.3 Å². The van der Waals surface area contributed by atoms with E-state index in [1.165, 1.54) is 6.20 Å². The van der Waals surface area contributed by atoms with E-state index in [0.29, 0.717) is 17.7 Å². The van der Waals surface area contributed by atoms with Crippen LogP contribution < -0.4 is 4.74 Å². The fourth-order valence-corrected chi connectivity index (χ4v) is 3.73. The highest BCUT2D eigenvalue weighted by Gasteiger charge is 2.34. The van der Waals surface area contributed by atoms with Crippen LogP contribution in [0.4, 0.5) is 0 Å². The van der Waals surface area contributed by atoms with E-state index in [1.807, 2.05) is 25.1 Å². The second-order valence-electron chi connectivity index (χ2n) is 8.70. The lowest BCUT2D eigenvalue weighted by molar-refractivity contribution is 0.0313. The Kier molecular flexibility index (Phi) is 8.26.